The predicted molar refractivity (Wildman–Crippen MR) is 84.9 cm³/mol. The molecule has 122 valence electrons. The van der Waals surface area contributed by atoms with Crippen molar-refractivity contribution in [3.8, 4) is 5.75 Å². The van der Waals surface area contributed by atoms with E-state index in [4.69, 9.17) is 9.47 Å². The molecule has 0 radical (unpaired) electrons. The summed E-state index contributed by atoms with van der Waals surface area (Å²) >= 11 is 0. The lowest BCUT2D eigenvalue weighted by atomic mass is 9.88. The monoisotopic (exact) mass is 315 g/mol. The van der Waals surface area contributed by atoms with Gasteiger partial charge < -0.3 is 14.4 Å². The number of methoxy groups -OCH3 is 1. The molecule has 1 saturated heterocycles. The number of hydrogen-bond donors (Lipinski definition) is 0. The Morgan fingerprint density at radius 1 is 1.17 bits per heavy atom. The lowest BCUT2D eigenvalue weighted by Crippen LogP contribution is -2.49. The molecule has 5 nitrogen and oxygen atoms in total. The minimum absolute atomic E-state index is 0.239. The van der Waals surface area contributed by atoms with Crippen molar-refractivity contribution in [3.63, 3.8) is 0 Å². The van der Waals surface area contributed by atoms with Gasteiger partial charge >= 0.3 is 12.1 Å². The van der Waals surface area contributed by atoms with Gasteiger partial charge in [0.1, 0.15) is 5.75 Å². The van der Waals surface area contributed by atoms with Crippen molar-refractivity contribution in [3.05, 3.63) is 42.0 Å². The van der Waals surface area contributed by atoms with E-state index in [1.165, 1.54) is 7.11 Å². The van der Waals surface area contributed by atoms with Crippen molar-refractivity contribution in [2.24, 2.45) is 11.8 Å². The third kappa shape index (κ3) is 3.09. The van der Waals surface area contributed by atoms with Gasteiger partial charge in [-0.3, -0.25) is 0 Å². The van der Waals surface area contributed by atoms with Crippen molar-refractivity contribution in [1.29, 1.82) is 0 Å². The number of carbonyl (C=O) groups is 2. The maximum absolute atomic E-state index is 12.6. The second-order valence-corrected chi connectivity index (χ2v) is 6.16. The van der Waals surface area contributed by atoms with E-state index in [-0.39, 0.29) is 17.9 Å². The van der Waals surface area contributed by atoms with Crippen molar-refractivity contribution in [1.82, 2.24) is 4.90 Å². The van der Waals surface area contributed by atoms with Crippen LogP contribution in [0.5, 0.6) is 5.75 Å². The van der Waals surface area contributed by atoms with Gasteiger partial charge in [0.05, 0.1) is 18.7 Å². The molecule has 4 rings (SSSR count). The van der Waals surface area contributed by atoms with Gasteiger partial charge in [-0.2, -0.15) is 0 Å². The van der Waals surface area contributed by atoms with Crippen LogP contribution in [0.2, 0.25) is 0 Å². The average Bonchev–Trinajstić information content (AvgIpc) is 2.82. The normalized spacial score (nSPS) is 26.3. The van der Waals surface area contributed by atoms with Crippen molar-refractivity contribution in [2.75, 3.05) is 13.7 Å². The van der Waals surface area contributed by atoms with E-state index in [0.29, 0.717) is 23.8 Å². The smallest absolute Gasteiger partial charge is 0.415 e. The maximum Gasteiger partial charge on any atom is 0.415 e. The largest absolute Gasteiger partial charge is 0.466 e. The molecule has 2 aliphatic heterocycles. The van der Waals surface area contributed by atoms with Crippen LogP contribution in [0.15, 0.2) is 42.0 Å². The van der Waals surface area contributed by atoms with E-state index in [0.717, 1.165) is 12.8 Å². The summed E-state index contributed by atoms with van der Waals surface area (Å²) in [6, 6.07) is 8.73. The van der Waals surface area contributed by atoms with Gasteiger partial charge in [0, 0.05) is 6.54 Å². The highest BCUT2D eigenvalue weighted by atomic mass is 16.6. The van der Waals surface area contributed by atoms with Gasteiger partial charge in [0.2, 0.25) is 0 Å². The van der Waals surface area contributed by atoms with Crippen LogP contribution in [0, 0.1) is 11.8 Å². The van der Waals surface area contributed by atoms with Crippen LogP contribution in [-0.2, 0) is 9.53 Å². The fraction of sp³-hybridized carbons (Fsp3) is 0.444. The predicted octanol–water partition coefficient (Wildman–Crippen LogP) is 3.02. The molecular weight excluding hydrogens is 294 g/mol. The highest BCUT2D eigenvalue weighted by molar-refractivity contribution is 5.91. The molecule has 5 heteroatoms. The molecule has 3 unspecified atom stereocenters. The zero-order valence-electron chi connectivity index (χ0n) is 13.4. The molecule has 1 fully saturated rings. The number of rotatable bonds is 2. The third-order valence-electron chi connectivity index (χ3n) is 4.77. The van der Waals surface area contributed by atoms with Crippen molar-refractivity contribution < 1.29 is 19.1 Å². The van der Waals surface area contributed by atoms with Crippen molar-refractivity contribution in [2.45, 2.75) is 25.8 Å². The highest BCUT2D eigenvalue weighted by Crippen LogP contribution is 2.37. The summed E-state index contributed by atoms with van der Waals surface area (Å²) in [5, 5.41) is 0. The van der Waals surface area contributed by atoms with Crippen LogP contribution in [0.4, 0.5) is 4.79 Å². The number of fused-ring (bicyclic) bond motifs is 3. The lowest BCUT2D eigenvalue weighted by molar-refractivity contribution is -0.136. The molecule has 23 heavy (non-hydrogen) atoms. The van der Waals surface area contributed by atoms with Gasteiger partial charge in [-0.15, -0.1) is 0 Å². The molecule has 1 amide bonds. The van der Waals surface area contributed by atoms with E-state index in [1.807, 2.05) is 24.3 Å². The second-order valence-electron chi connectivity index (χ2n) is 6.16. The first-order valence-electron chi connectivity index (χ1n) is 7.93. The van der Waals surface area contributed by atoms with Crippen molar-refractivity contribution >= 4 is 12.1 Å². The number of allylic oxidation sites excluding steroid dienone is 1. The summed E-state index contributed by atoms with van der Waals surface area (Å²) in [6.45, 7) is 2.69. The summed E-state index contributed by atoms with van der Waals surface area (Å²) < 4.78 is 10.4. The van der Waals surface area contributed by atoms with Crippen LogP contribution in [0.3, 0.4) is 0 Å². The molecule has 0 N–H and O–H groups in total. The second kappa shape index (κ2) is 6.44. The Hall–Kier alpha value is -2.30. The molecule has 1 aliphatic carbocycles. The first kappa shape index (κ1) is 15.6. The standard InChI is InChI=1S/C18H21NO4/c1-12-10-15(17(20)22-2)16-9-8-13(12)11-19(16)18(21)23-14-6-4-3-5-7-14/h3-7,10,12-13,16H,8-9,11H2,1-2H3. The van der Waals surface area contributed by atoms with E-state index in [1.54, 1.807) is 17.0 Å². The van der Waals surface area contributed by atoms with Crippen LogP contribution in [0.1, 0.15) is 19.8 Å². The first-order valence-corrected chi connectivity index (χ1v) is 7.93. The van der Waals surface area contributed by atoms with Crippen LogP contribution in [-0.4, -0.2) is 36.7 Å². The van der Waals surface area contributed by atoms with Gasteiger partial charge in [0.15, 0.2) is 0 Å². The third-order valence-corrected chi connectivity index (χ3v) is 4.77. The molecule has 0 aromatic heterocycles. The van der Waals surface area contributed by atoms with Gasteiger partial charge in [-0.25, -0.2) is 9.59 Å². The fourth-order valence-electron chi connectivity index (χ4n) is 3.45. The number of piperidine rings is 1. The van der Waals surface area contributed by atoms with Crippen LogP contribution >= 0.6 is 0 Å². The highest BCUT2D eigenvalue weighted by Gasteiger charge is 2.41. The number of esters is 1. The summed E-state index contributed by atoms with van der Waals surface area (Å²) in [4.78, 5) is 26.4. The zero-order valence-corrected chi connectivity index (χ0v) is 13.4. The molecule has 1 aromatic carbocycles. The Balaban J connectivity index is 1.84. The molecule has 3 aliphatic rings. The Kier molecular flexibility index (Phi) is 4.37. The molecular formula is C18H21NO4. The molecule has 0 spiro atoms. The van der Waals surface area contributed by atoms with Crippen LogP contribution in [0.25, 0.3) is 0 Å². The summed E-state index contributed by atoms with van der Waals surface area (Å²) in [5.41, 5.74) is 0.574. The Morgan fingerprint density at radius 3 is 2.61 bits per heavy atom. The van der Waals surface area contributed by atoms with Gasteiger partial charge in [0.25, 0.3) is 0 Å². The molecule has 2 bridgehead atoms. The Morgan fingerprint density at radius 2 is 1.91 bits per heavy atom. The van der Waals surface area contributed by atoms with Gasteiger partial charge in [-0.05, 0) is 36.8 Å². The quantitative estimate of drug-likeness (QED) is 0.787. The number of para-hydroxylation sites is 1. The maximum atomic E-state index is 12.6. The molecule has 2 heterocycles. The summed E-state index contributed by atoms with van der Waals surface area (Å²) in [7, 11) is 1.37. The van der Waals surface area contributed by atoms with Crippen LogP contribution < -0.4 is 4.74 Å². The lowest BCUT2D eigenvalue weighted by Gasteiger charge is -2.37. The first-order chi connectivity index (χ1) is 11.1. The molecule has 0 saturated carbocycles. The number of amides is 1. The number of ether oxygens (including phenoxy) is 2. The van der Waals surface area contributed by atoms with E-state index in [2.05, 4.69) is 6.92 Å². The number of nitrogens with zero attached hydrogens (tertiary/aromatic N) is 1. The molecule has 3 atom stereocenters. The summed E-state index contributed by atoms with van der Waals surface area (Å²) in [6.07, 6.45) is 3.32. The zero-order chi connectivity index (χ0) is 16.4. The summed E-state index contributed by atoms with van der Waals surface area (Å²) in [5.74, 6) is 0.733. The Bertz CT molecular complexity index is 625. The van der Waals surface area contributed by atoms with E-state index >= 15 is 0 Å². The number of benzene rings is 1. The SMILES string of the molecule is COC(=O)C1=CC(C)C2CCC1N(C(=O)Oc1ccccc1)C2. The van der Waals surface area contributed by atoms with E-state index < -0.39 is 6.09 Å². The molecule has 1 aromatic rings. The van der Waals surface area contributed by atoms with Gasteiger partial charge in [-0.1, -0.05) is 31.2 Å². The topological polar surface area (TPSA) is 55.8 Å². The average molecular weight is 315 g/mol. The minimum atomic E-state index is -0.408. The van der Waals surface area contributed by atoms with E-state index in [9.17, 15) is 9.59 Å². The number of carbonyl (C=O) groups excluding carboxylic acids is 2. The fourth-order valence-corrected chi connectivity index (χ4v) is 3.45. The minimum Gasteiger partial charge on any atom is -0.466 e. The Labute approximate surface area is 135 Å². The number of hydrogen-bond acceptors (Lipinski definition) is 4.